The van der Waals surface area contributed by atoms with Crippen molar-refractivity contribution in [3.8, 4) is 0 Å². The van der Waals surface area contributed by atoms with Gasteiger partial charge in [-0.1, -0.05) is 30.3 Å². The number of anilines is 1. The van der Waals surface area contributed by atoms with Gasteiger partial charge in [0.25, 0.3) is 5.91 Å². The summed E-state index contributed by atoms with van der Waals surface area (Å²) >= 11 is 0. The Morgan fingerprint density at radius 2 is 1.68 bits per heavy atom. The quantitative estimate of drug-likeness (QED) is 0.926. The molecule has 7 heteroatoms. The lowest BCUT2D eigenvalue weighted by atomic mass is 10.1. The van der Waals surface area contributed by atoms with Crippen LogP contribution in [0.15, 0.2) is 54.6 Å². The van der Waals surface area contributed by atoms with Crippen molar-refractivity contribution < 1.29 is 22.8 Å². The van der Waals surface area contributed by atoms with Gasteiger partial charge in [0, 0.05) is 18.7 Å². The largest absolute Gasteiger partial charge is 0.417 e. The molecule has 1 aliphatic heterocycles. The lowest BCUT2D eigenvalue weighted by Crippen LogP contribution is -2.38. The number of benzene rings is 2. The van der Waals surface area contributed by atoms with Crippen LogP contribution in [0.4, 0.5) is 18.9 Å². The van der Waals surface area contributed by atoms with Crippen molar-refractivity contribution in [2.75, 3.05) is 11.4 Å². The Morgan fingerprint density at radius 1 is 1.04 bits per heavy atom. The molecule has 0 aliphatic carbocycles. The third kappa shape index (κ3) is 3.65. The molecule has 0 aromatic heterocycles. The molecule has 1 heterocycles. The molecule has 4 nitrogen and oxygen atoms in total. The lowest BCUT2D eigenvalue weighted by Gasteiger charge is -2.18. The molecule has 2 amide bonds. The van der Waals surface area contributed by atoms with Crippen LogP contribution in [0, 0.1) is 0 Å². The summed E-state index contributed by atoms with van der Waals surface area (Å²) in [6.07, 6.45) is -4.57. The highest BCUT2D eigenvalue weighted by atomic mass is 19.4. The van der Waals surface area contributed by atoms with Crippen LogP contribution in [0.5, 0.6) is 0 Å². The summed E-state index contributed by atoms with van der Waals surface area (Å²) in [6.45, 7) is 0.225. The van der Waals surface area contributed by atoms with Crippen LogP contribution in [-0.4, -0.2) is 24.4 Å². The molecule has 130 valence electrons. The number of para-hydroxylation sites is 1. The molecule has 3 rings (SSSR count). The van der Waals surface area contributed by atoms with Gasteiger partial charge >= 0.3 is 6.18 Å². The summed E-state index contributed by atoms with van der Waals surface area (Å²) in [7, 11) is 0. The zero-order valence-electron chi connectivity index (χ0n) is 13.1. The fraction of sp³-hybridized carbons (Fsp3) is 0.222. The van der Waals surface area contributed by atoms with Crippen LogP contribution >= 0.6 is 0 Å². The summed E-state index contributed by atoms with van der Waals surface area (Å²) < 4.78 is 39.1. The zero-order chi connectivity index (χ0) is 18.0. The van der Waals surface area contributed by atoms with E-state index in [1.54, 1.807) is 24.3 Å². The van der Waals surface area contributed by atoms with Crippen molar-refractivity contribution in [2.24, 2.45) is 0 Å². The van der Waals surface area contributed by atoms with E-state index in [4.69, 9.17) is 0 Å². The Bertz CT molecular complexity index is 790. The van der Waals surface area contributed by atoms with Crippen LogP contribution in [0.3, 0.4) is 0 Å². The number of carbonyl (C=O) groups excluding carboxylic acids is 2. The summed E-state index contributed by atoms with van der Waals surface area (Å²) in [6, 6.07) is 13.0. The maximum Gasteiger partial charge on any atom is 0.417 e. The van der Waals surface area contributed by atoms with Crippen LogP contribution in [0.25, 0.3) is 0 Å². The van der Waals surface area contributed by atoms with E-state index in [2.05, 4.69) is 5.32 Å². The Labute approximate surface area is 142 Å². The first-order chi connectivity index (χ1) is 11.9. The Kier molecular flexibility index (Phi) is 4.48. The van der Waals surface area contributed by atoms with Gasteiger partial charge in [-0.3, -0.25) is 9.59 Å². The van der Waals surface area contributed by atoms with E-state index in [0.29, 0.717) is 5.69 Å². The van der Waals surface area contributed by atoms with Gasteiger partial charge in [0.1, 0.15) is 0 Å². The first-order valence-electron chi connectivity index (χ1n) is 7.69. The second-order valence-electron chi connectivity index (χ2n) is 5.76. The van der Waals surface area contributed by atoms with Gasteiger partial charge in [-0.25, -0.2) is 0 Å². The molecular formula is C18H15F3N2O2. The Morgan fingerprint density at radius 3 is 2.36 bits per heavy atom. The fourth-order valence-electron chi connectivity index (χ4n) is 2.85. The van der Waals surface area contributed by atoms with E-state index in [1.807, 2.05) is 6.07 Å². The summed E-state index contributed by atoms with van der Waals surface area (Å²) in [5, 5.41) is 2.54. The zero-order valence-corrected chi connectivity index (χ0v) is 13.1. The highest BCUT2D eigenvalue weighted by molar-refractivity contribution is 5.99. The minimum atomic E-state index is -4.62. The van der Waals surface area contributed by atoms with E-state index in [9.17, 15) is 22.8 Å². The molecule has 1 atom stereocenters. The van der Waals surface area contributed by atoms with Crippen molar-refractivity contribution in [3.05, 3.63) is 65.7 Å². The number of nitrogens with zero attached hydrogens (tertiary/aromatic N) is 1. The van der Waals surface area contributed by atoms with Gasteiger partial charge in [-0.05, 0) is 24.3 Å². The molecule has 1 saturated heterocycles. The predicted octanol–water partition coefficient (Wildman–Crippen LogP) is 3.24. The monoisotopic (exact) mass is 348 g/mol. The minimum absolute atomic E-state index is 0.0504. The first-order valence-corrected chi connectivity index (χ1v) is 7.69. The molecule has 1 fully saturated rings. The second-order valence-corrected chi connectivity index (χ2v) is 5.76. The number of nitrogens with one attached hydrogen (secondary N) is 1. The average molecular weight is 348 g/mol. The number of alkyl halides is 3. The molecule has 1 N–H and O–H groups in total. The maximum absolute atomic E-state index is 13.0. The van der Waals surface area contributed by atoms with E-state index < -0.39 is 29.3 Å². The smallest absolute Gasteiger partial charge is 0.347 e. The fourth-order valence-corrected chi connectivity index (χ4v) is 2.85. The van der Waals surface area contributed by atoms with Crippen molar-refractivity contribution in [3.63, 3.8) is 0 Å². The van der Waals surface area contributed by atoms with Crippen LogP contribution < -0.4 is 10.2 Å². The molecule has 0 saturated carbocycles. The number of rotatable bonds is 3. The maximum atomic E-state index is 13.0. The van der Waals surface area contributed by atoms with Gasteiger partial charge in [0.15, 0.2) is 0 Å². The molecule has 1 aliphatic rings. The molecule has 2 aromatic rings. The van der Waals surface area contributed by atoms with Crippen LogP contribution in [-0.2, 0) is 11.0 Å². The van der Waals surface area contributed by atoms with Crippen LogP contribution in [0.2, 0.25) is 0 Å². The normalized spacial score (nSPS) is 17.6. The first kappa shape index (κ1) is 17.0. The minimum Gasteiger partial charge on any atom is -0.347 e. The average Bonchev–Trinajstić information content (AvgIpc) is 2.95. The highest BCUT2D eigenvalue weighted by Crippen LogP contribution is 2.32. The third-order valence-corrected chi connectivity index (χ3v) is 4.01. The van der Waals surface area contributed by atoms with E-state index in [0.717, 1.165) is 12.1 Å². The molecule has 25 heavy (non-hydrogen) atoms. The SMILES string of the molecule is O=C(N[C@H]1CC(=O)N(c2ccccc2)C1)c1ccccc1C(F)(F)F. The van der Waals surface area contributed by atoms with Gasteiger partial charge < -0.3 is 10.2 Å². The standard InChI is InChI=1S/C18H15F3N2O2/c19-18(20,21)15-9-5-4-8-14(15)17(25)22-12-10-16(24)23(11-12)13-6-2-1-3-7-13/h1-9,12H,10-11H2,(H,22,25)/t12-/m0/s1. The highest BCUT2D eigenvalue weighted by Gasteiger charge is 2.36. The second kappa shape index (κ2) is 6.58. The molecular weight excluding hydrogens is 333 g/mol. The summed E-state index contributed by atoms with van der Waals surface area (Å²) in [4.78, 5) is 25.9. The molecule has 0 spiro atoms. The molecule has 0 bridgehead atoms. The number of hydrogen-bond acceptors (Lipinski definition) is 2. The molecule has 2 aromatic carbocycles. The summed E-state index contributed by atoms with van der Waals surface area (Å²) in [5.41, 5.74) is -0.739. The Hall–Kier alpha value is -2.83. The van der Waals surface area contributed by atoms with Gasteiger partial charge in [0.05, 0.1) is 17.2 Å². The van der Waals surface area contributed by atoms with E-state index >= 15 is 0 Å². The van der Waals surface area contributed by atoms with Crippen molar-refractivity contribution in [2.45, 2.75) is 18.6 Å². The number of hydrogen-bond donors (Lipinski definition) is 1. The van der Waals surface area contributed by atoms with Gasteiger partial charge in [-0.15, -0.1) is 0 Å². The topological polar surface area (TPSA) is 49.4 Å². The number of halogens is 3. The predicted molar refractivity (Wildman–Crippen MR) is 86.1 cm³/mol. The van der Waals surface area contributed by atoms with Crippen molar-refractivity contribution in [1.82, 2.24) is 5.32 Å². The Balaban J connectivity index is 1.74. The van der Waals surface area contributed by atoms with E-state index in [-0.39, 0.29) is 18.9 Å². The van der Waals surface area contributed by atoms with E-state index in [1.165, 1.54) is 17.0 Å². The van der Waals surface area contributed by atoms with Crippen LogP contribution in [0.1, 0.15) is 22.3 Å². The molecule has 0 unspecified atom stereocenters. The van der Waals surface area contributed by atoms with Gasteiger partial charge in [-0.2, -0.15) is 13.2 Å². The number of amides is 2. The third-order valence-electron chi connectivity index (χ3n) is 4.01. The van der Waals surface area contributed by atoms with Crippen molar-refractivity contribution in [1.29, 1.82) is 0 Å². The van der Waals surface area contributed by atoms with Gasteiger partial charge in [0.2, 0.25) is 5.91 Å². The molecule has 0 radical (unpaired) electrons. The summed E-state index contributed by atoms with van der Waals surface area (Å²) in [5.74, 6) is -1.01. The van der Waals surface area contributed by atoms with Crippen molar-refractivity contribution >= 4 is 17.5 Å². The lowest BCUT2D eigenvalue weighted by molar-refractivity contribution is -0.138. The number of carbonyl (C=O) groups is 2.